The van der Waals surface area contributed by atoms with E-state index in [1.165, 1.54) is 6.07 Å². The number of hydrogen-bond acceptors (Lipinski definition) is 5. The Morgan fingerprint density at radius 1 is 1.28 bits per heavy atom. The van der Waals surface area contributed by atoms with Gasteiger partial charge >= 0.3 is 13.2 Å². The van der Waals surface area contributed by atoms with Crippen molar-refractivity contribution in [3.05, 3.63) is 18.2 Å². The third-order valence-electron chi connectivity index (χ3n) is 3.10. The van der Waals surface area contributed by atoms with Gasteiger partial charge in [-0.25, -0.2) is 0 Å². The molecule has 1 heterocycles. The molecule has 1 unspecified atom stereocenters. The van der Waals surface area contributed by atoms with E-state index >= 15 is 0 Å². The van der Waals surface area contributed by atoms with E-state index in [0.29, 0.717) is 0 Å². The average molecular weight is 405 g/mol. The zero-order chi connectivity index (χ0) is 17.5. The summed E-state index contributed by atoms with van der Waals surface area (Å²) in [5, 5.41) is 5.63. The summed E-state index contributed by atoms with van der Waals surface area (Å²) in [4.78, 5) is 12.0. The Hall–Kier alpha value is -1.39. The van der Waals surface area contributed by atoms with Gasteiger partial charge < -0.3 is 20.1 Å². The molecule has 2 rings (SSSR count). The molecular formula is C14H17ClF4N2O3S. The van der Waals surface area contributed by atoms with E-state index in [0.717, 1.165) is 30.2 Å². The van der Waals surface area contributed by atoms with Crippen molar-refractivity contribution in [1.82, 2.24) is 5.32 Å². The van der Waals surface area contributed by atoms with Gasteiger partial charge in [0, 0.05) is 36.6 Å². The third-order valence-corrected chi connectivity index (χ3v) is 4.23. The second kappa shape index (κ2) is 10.6. The summed E-state index contributed by atoms with van der Waals surface area (Å²) < 4.78 is 57.7. The lowest BCUT2D eigenvalue weighted by Gasteiger charge is -2.22. The van der Waals surface area contributed by atoms with Gasteiger partial charge in [-0.2, -0.15) is 29.3 Å². The zero-order valence-corrected chi connectivity index (χ0v) is 14.5. The highest BCUT2D eigenvalue weighted by Gasteiger charge is 2.19. The molecule has 1 aromatic rings. The lowest BCUT2D eigenvalue weighted by molar-refractivity contribution is -0.116. The Kier molecular flexibility index (Phi) is 9.15. The fourth-order valence-electron chi connectivity index (χ4n) is 2.15. The molecule has 1 aliphatic heterocycles. The molecule has 0 spiro atoms. The fraction of sp³-hybridized carbons (Fsp3) is 0.500. The molecule has 11 heteroatoms. The van der Waals surface area contributed by atoms with Crippen LogP contribution in [0.25, 0.3) is 0 Å². The summed E-state index contributed by atoms with van der Waals surface area (Å²) in [7, 11) is 0. The van der Waals surface area contributed by atoms with Gasteiger partial charge in [0.25, 0.3) is 0 Å². The van der Waals surface area contributed by atoms with Crippen LogP contribution < -0.4 is 20.1 Å². The Labute approximate surface area is 152 Å². The van der Waals surface area contributed by atoms with Crippen LogP contribution in [-0.4, -0.2) is 43.2 Å². The third kappa shape index (κ3) is 7.57. The lowest BCUT2D eigenvalue weighted by Crippen LogP contribution is -2.39. The molecule has 1 amide bonds. The van der Waals surface area contributed by atoms with Gasteiger partial charge in [-0.05, 0) is 12.1 Å². The zero-order valence-electron chi connectivity index (χ0n) is 12.8. The number of alkyl halides is 4. The van der Waals surface area contributed by atoms with E-state index < -0.39 is 24.9 Å². The van der Waals surface area contributed by atoms with Crippen LogP contribution in [0.5, 0.6) is 11.5 Å². The predicted molar refractivity (Wildman–Crippen MR) is 89.3 cm³/mol. The van der Waals surface area contributed by atoms with E-state index in [1.807, 2.05) is 0 Å². The number of carbonyl (C=O) groups excluding carboxylic acids is 1. The largest absolute Gasteiger partial charge is 0.435 e. The first kappa shape index (κ1) is 21.7. The fourth-order valence-corrected chi connectivity index (χ4v) is 3.10. The number of hydrogen-bond donors (Lipinski definition) is 2. The van der Waals surface area contributed by atoms with Crippen LogP contribution in [0, 0.1) is 0 Å². The predicted octanol–water partition coefficient (Wildman–Crippen LogP) is 3.34. The van der Waals surface area contributed by atoms with Gasteiger partial charge in [-0.3, -0.25) is 4.79 Å². The van der Waals surface area contributed by atoms with Gasteiger partial charge in [-0.15, -0.1) is 12.4 Å². The normalized spacial score (nSPS) is 17.1. The molecule has 5 nitrogen and oxygen atoms in total. The second-order valence-electron chi connectivity index (χ2n) is 4.89. The van der Waals surface area contributed by atoms with Crippen LogP contribution in [-0.2, 0) is 4.79 Å². The number of anilines is 1. The van der Waals surface area contributed by atoms with Crippen molar-refractivity contribution in [1.29, 1.82) is 0 Å². The van der Waals surface area contributed by atoms with Crippen LogP contribution in [0.3, 0.4) is 0 Å². The first-order valence-corrected chi connectivity index (χ1v) is 8.24. The van der Waals surface area contributed by atoms with Crippen molar-refractivity contribution in [3.63, 3.8) is 0 Å². The van der Waals surface area contributed by atoms with Gasteiger partial charge in [-0.1, -0.05) is 0 Å². The highest BCUT2D eigenvalue weighted by Crippen LogP contribution is 2.31. The van der Waals surface area contributed by atoms with E-state index in [4.69, 9.17) is 0 Å². The monoisotopic (exact) mass is 404 g/mol. The van der Waals surface area contributed by atoms with Crippen LogP contribution in [0.15, 0.2) is 18.2 Å². The Bertz CT molecular complexity index is 563. The van der Waals surface area contributed by atoms with Crippen molar-refractivity contribution < 1.29 is 31.8 Å². The van der Waals surface area contributed by atoms with E-state index in [1.54, 1.807) is 11.8 Å². The lowest BCUT2D eigenvalue weighted by atomic mass is 10.2. The number of halogens is 5. The Morgan fingerprint density at radius 2 is 2.00 bits per heavy atom. The topological polar surface area (TPSA) is 59.6 Å². The highest BCUT2D eigenvalue weighted by atomic mass is 35.5. The molecule has 0 radical (unpaired) electrons. The summed E-state index contributed by atoms with van der Waals surface area (Å²) in [6.45, 7) is -5.47. The molecule has 25 heavy (non-hydrogen) atoms. The first-order chi connectivity index (χ1) is 11.4. The summed E-state index contributed by atoms with van der Waals surface area (Å²) in [5.41, 5.74) is -0.0367. The number of nitrogens with one attached hydrogen (secondary N) is 2. The van der Waals surface area contributed by atoms with Gasteiger partial charge in [0.05, 0.1) is 5.69 Å². The molecule has 0 aliphatic carbocycles. The van der Waals surface area contributed by atoms with Crippen LogP contribution in [0.1, 0.15) is 6.42 Å². The SMILES string of the molecule is Cl.O=C(CC1CSCCN1)Nc1ccc(OC(F)F)cc1OC(F)F. The maximum absolute atomic E-state index is 12.5. The molecule has 2 N–H and O–H groups in total. The molecule has 1 saturated heterocycles. The van der Waals surface area contributed by atoms with E-state index in [9.17, 15) is 22.4 Å². The van der Waals surface area contributed by atoms with Crippen LogP contribution in [0.2, 0.25) is 0 Å². The number of carbonyl (C=O) groups is 1. The maximum Gasteiger partial charge on any atom is 0.387 e. The summed E-state index contributed by atoms with van der Waals surface area (Å²) in [6.07, 6.45) is 0.163. The molecule has 1 aromatic carbocycles. The summed E-state index contributed by atoms with van der Waals surface area (Å²) in [5.74, 6) is 0.563. The molecule has 142 valence electrons. The van der Waals surface area contributed by atoms with Crippen molar-refractivity contribution >= 4 is 35.8 Å². The van der Waals surface area contributed by atoms with E-state index in [2.05, 4.69) is 20.1 Å². The minimum Gasteiger partial charge on any atom is -0.435 e. The van der Waals surface area contributed by atoms with Crippen LogP contribution >= 0.6 is 24.2 Å². The molecular weight excluding hydrogens is 388 g/mol. The summed E-state index contributed by atoms with van der Waals surface area (Å²) in [6, 6.07) is 3.18. The minimum absolute atomic E-state index is 0. The number of ether oxygens (including phenoxy) is 2. The first-order valence-electron chi connectivity index (χ1n) is 7.08. The number of amides is 1. The van der Waals surface area contributed by atoms with Crippen molar-refractivity contribution in [3.8, 4) is 11.5 Å². The Balaban J connectivity index is 0.00000312. The van der Waals surface area contributed by atoms with Gasteiger partial charge in [0.1, 0.15) is 5.75 Å². The molecule has 0 aromatic heterocycles. The number of thioether (sulfide) groups is 1. The molecule has 0 bridgehead atoms. The quantitative estimate of drug-likeness (QED) is 0.682. The molecule has 0 saturated carbocycles. The average Bonchev–Trinajstić information content (AvgIpc) is 2.49. The van der Waals surface area contributed by atoms with Crippen molar-refractivity contribution in [2.75, 3.05) is 23.4 Å². The van der Waals surface area contributed by atoms with E-state index in [-0.39, 0.29) is 36.3 Å². The summed E-state index contributed by atoms with van der Waals surface area (Å²) >= 11 is 1.72. The smallest absolute Gasteiger partial charge is 0.387 e. The minimum atomic E-state index is -3.17. The molecule has 1 atom stereocenters. The number of rotatable bonds is 7. The van der Waals surface area contributed by atoms with Crippen molar-refractivity contribution in [2.24, 2.45) is 0 Å². The maximum atomic E-state index is 12.5. The van der Waals surface area contributed by atoms with Gasteiger partial charge in [0.2, 0.25) is 5.91 Å². The molecule has 1 aliphatic rings. The van der Waals surface area contributed by atoms with Gasteiger partial charge in [0.15, 0.2) is 5.75 Å². The second-order valence-corrected chi connectivity index (χ2v) is 6.04. The van der Waals surface area contributed by atoms with Crippen molar-refractivity contribution in [2.45, 2.75) is 25.7 Å². The Morgan fingerprint density at radius 3 is 2.60 bits per heavy atom. The standard InChI is InChI=1S/C14H16F4N2O3S.ClH/c15-13(16)22-9-1-2-10(11(6-9)23-14(17)18)20-12(21)5-8-7-24-4-3-19-8;/h1-2,6,8,13-14,19H,3-5,7H2,(H,20,21);1H. The molecule has 1 fully saturated rings. The highest BCUT2D eigenvalue weighted by molar-refractivity contribution is 7.99. The number of benzene rings is 1. The van der Waals surface area contributed by atoms with Crippen LogP contribution in [0.4, 0.5) is 23.2 Å².